The maximum absolute atomic E-state index is 5.35. The van der Waals surface area contributed by atoms with Gasteiger partial charge in [-0.05, 0) is 35.3 Å². The molecule has 0 spiro atoms. The van der Waals surface area contributed by atoms with Crippen LogP contribution in [0.25, 0.3) is 0 Å². The first-order chi connectivity index (χ1) is 8.47. The molecule has 0 amide bonds. The molecule has 0 N–H and O–H groups in total. The Kier molecular flexibility index (Phi) is 7.76. The number of hydrogen-bond acceptors (Lipinski definition) is 2. The lowest BCUT2D eigenvalue weighted by Crippen LogP contribution is -2.33. The van der Waals surface area contributed by atoms with Crippen molar-refractivity contribution in [1.82, 2.24) is 0 Å². The molecule has 0 saturated heterocycles. The molecular weight excluding hydrogens is 242 g/mol. The predicted molar refractivity (Wildman–Crippen MR) is 81.8 cm³/mol. The van der Waals surface area contributed by atoms with Gasteiger partial charge in [0.25, 0.3) is 0 Å². The highest BCUT2D eigenvalue weighted by Crippen LogP contribution is 2.14. The van der Waals surface area contributed by atoms with Gasteiger partial charge in [-0.3, -0.25) is 4.84 Å². The van der Waals surface area contributed by atoms with Gasteiger partial charge in [-0.1, -0.05) is 13.8 Å². The summed E-state index contributed by atoms with van der Waals surface area (Å²) in [6.45, 7) is 10.3. The minimum atomic E-state index is -0.0348. The fourth-order valence-corrected chi connectivity index (χ4v) is 1.75. The number of nitrogens with zero attached hydrogens (tertiary/aromatic N) is 1. The fraction of sp³-hybridized carbons (Fsp3) is 0.533. The summed E-state index contributed by atoms with van der Waals surface area (Å²) in [5.74, 6) is 0. The summed E-state index contributed by atoms with van der Waals surface area (Å²) in [5.41, 5.74) is 1.11. The van der Waals surface area contributed by atoms with Crippen LogP contribution in [0.1, 0.15) is 40.2 Å². The zero-order valence-corrected chi connectivity index (χ0v) is 13.5. The molecular formula is C15H26NOS+. The summed E-state index contributed by atoms with van der Waals surface area (Å²) in [6.07, 6.45) is 4.10. The minimum Gasteiger partial charge on any atom is -0.280 e. The Bertz CT molecular complexity index is 363. The maximum atomic E-state index is 5.35. The van der Waals surface area contributed by atoms with E-state index in [1.165, 1.54) is 4.90 Å². The van der Waals surface area contributed by atoms with E-state index in [4.69, 9.17) is 4.84 Å². The third-order valence-corrected chi connectivity index (χ3v) is 2.98. The summed E-state index contributed by atoms with van der Waals surface area (Å²) >= 11 is 1.75. The van der Waals surface area contributed by atoms with E-state index < -0.39 is 0 Å². The third-order valence-electron chi connectivity index (χ3n) is 2.24. The van der Waals surface area contributed by atoms with E-state index >= 15 is 0 Å². The third kappa shape index (κ3) is 5.58. The van der Waals surface area contributed by atoms with Gasteiger partial charge in [-0.2, -0.15) is 0 Å². The molecule has 1 aromatic carbocycles. The Hall–Kier alpha value is -0.960. The van der Waals surface area contributed by atoms with Gasteiger partial charge in [0, 0.05) is 31.2 Å². The Morgan fingerprint density at radius 3 is 1.94 bits per heavy atom. The molecule has 2 nitrogen and oxygen atoms in total. The molecule has 0 atom stereocenters. The van der Waals surface area contributed by atoms with Gasteiger partial charge in [0.2, 0.25) is 11.8 Å². The lowest BCUT2D eigenvalue weighted by molar-refractivity contribution is -0.821. The molecule has 18 heavy (non-hydrogen) atoms. The molecule has 0 bridgehead atoms. The number of hydroxylamine groups is 1. The fourth-order valence-electron chi connectivity index (χ4n) is 1.35. The largest absolute Gasteiger partial charge is 0.280 e. The van der Waals surface area contributed by atoms with Crippen LogP contribution >= 0.6 is 11.8 Å². The first-order valence-corrected chi connectivity index (χ1v) is 7.52. The van der Waals surface area contributed by atoms with Crippen LogP contribution in [0.2, 0.25) is 0 Å². The van der Waals surface area contributed by atoms with Crippen LogP contribution in [0.5, 0.6) is 0 Å². The summed E-state index contributed by atoms with van der Waals surface area (Å²) in [6, 6.07) is 8.44. The van der Waals surface area contributed by atoms with Crippen molar-refractivity contribution in [3.8, 4) is 0 Å². The Balaban J connectivity index is 0.00000137. The summed E-state index contributed by atoms with van der Waals surface area (Å²) < 4.78 is 1.86. The smallest absolute Gasteiger partial charge is 0.223 e. The van der Waals surface area contributed by atoms with Gasteiger partial charge in [0.1, 0.15) is 7.11 Å². The first kappa shape index (κ1) is 17.0. The van der Waals surface area contributed by atoms with E-state index in [0.717, 1.165) is 5.56 Å². The molecule has 0 fully saturated rings. The van der Waals surface area contributed by atoms with Gasteiger partial charge in [0.05, 0.1) is 0 Å². The Labute approximate surface area is 116 Å². The molecule has 102 valence electrons. The predicted octanol–water partition coefficient (Wildman–Crippen LogP) is 4.23. The number of rotatable bonds is 3. The summed E-state index contributed by atoms with van der Waals surface area (Å²) in [5, 5.41) is 0. The van der Waals surface area contributed by atoms with Crippen molar-refractivity contribution in [3.63, 3.8) is 0 Å². The van der Waals surface area contributed by atoms with Crippen LogP contribution in [0.3, 0.4) is 0 Å². The molecule has 1 rings (SSSR count). The van der Waals surface area contributed by atoms with Gasteiger partial charge in [-0.15, -0.1) is 11.8 Å². The van der Waals surface area contributed by atoms with E-state index in [1.807, 2.05) is 24.8 Å². The average molecular weight is 268 g/mol. The maximum Gasteiger partial charge on any atom is 0.223 e. The van der Waals surface area contributed by atoms with Crippen LogP contribution in [0, 0.1) is 0 Å². The van der Waals surface area contributed by atoms with Gasteiger partial charge >= 0.3 is 0 Å². The van der Waals surface area contributed by atoms with Crippen LogP contribution in [-0.4, -0.2) is 29.9 Å². The van der Waals surface area contributed by atoms with Crippen molar-refractivity contribution in [3.05, 3.63) is 29.8 Å². The monoisotopic (exact) mass is 268 g/mol. The van der Waals surface area contributed by atoms with Crippen LogP contribution in [0.4, 0.5) is 0 Å². The molecule has 0 saturated carbocycles. The number of hydrogen-bond donors (Lipinski definition) is 0. The first-order valence-electron chi connectivity index (χ1n) is 6.30. The summed E-state index contributed by atoms with van der Waals surface area (Å²) in [7, 11) is 1.69. The zero-order chi connectivity index (χ0) is 14.2. The van der Waals surface area contributed by atoms with Gasteiger partial charge in [0.15, 0.2) is 0 Å². The van der Waals surface area contributed by atoms with Crippen molar-refractivity contribution in [2.45, 2.75) is 45.1 Å². The second kappa shape index (κ2) is 8.20. The van der Waals surface area contributed by atoms with E-state index in [2.05, 4.69) is 51.3 Å². The average Bonchev–Trinajstić information content (AvgIpc) is 2.37. The Morgan fingerprint density at radius 1 is 1.11 bits per heavy atom. The molecule has 0 aliphatic carbocycles. The highest BCUT2D eigenvalue weighted by atomic mass is 32.2. The lowest BCUT2D eigenvalue weighted by Gasteiger charge is -2.13. The second-order valence-corrected chi connectivity index (χ2v) is 5.46. The standard InChI is InChI=1S/C13H20NOS.C2H6/c1-13(2,3)14(15-4)10-11-6-8-12(16-5)9-7-11;1-2/h6-10H,1-5H3;1-2H3/q+1;/b14-10-;. The zero-order valence-electron chi connectivity index (χ0n) is 12.7. The lowest BCUT2D eigenvalue weighted by atomic mass is 10.1. The van der Waals surface area contributed by atoms with E-state index in [0.29, 0.717) is 0 Å². The normalized spacial score (nSPS) is 11.6. The number of benzene rings is 1. The van der Waals surface area contributed by atoms with Crippen LogP contribution in [-0.2, 0) is 4.84 Å². The van der Waals surface area contributed by atoms with Crippen LogP contribution in [0.15, 0.2) is 29.2 Å². The van der Waals surface area contributed by atoms with Crippen molar-refractivity contribution >= 4 is 18.0 Å². The van der Waals surface area contributed by atoms with E-state index in [9.17, 15) is 0 Å². The van der Waals surface area contributed by atoms with Gasteiger partial charge < -0.3 is 0 Å². The van der Waals surface area contributed by atoms with Crippen molar-refractivity contribution in [2.75, 3.05) is 13.4 Å². The highest BCUT2D eigenvalue weighted by molar-refractivity contribution is 7.98. The SMILES string of the molecule is CC.CO/[N+](=C\c1ccc(SC)cc1)C(C)(C)C. The van der Waals surface area contributed by atoms with Crippen LogP contribution < -0.4 is 0 Å². The van der Waals surface area contributed by atoms with E-state index in [-0.39, 0.29) is 5.54 Å². The van der Waals surface area contributed by atoms with Crippen molar-refractivity contribution in [1.29, 1.82) is 0 Å². The quantitative estimate of drug-likeness (QED) is 0.352. The minimum absolute atomic E-state index is 0.0348. The molecule has 0 heterocycles. The number of thioether (sulfide) groups is 1. The topological polar surface area (TPSA) is 12.2 Å². The summed E-state index contributed by atoms with van der Waals surface area (Å²) in [4.78, 5) is 6.62. The molecule has 0 aromatic heterocycles. The highest BCUT2D eigenvalue weighted by Gasteiger charge is 2.25. The van der Waals surface area contributed by atoms with E-state index in [1.54, 1.807) is 18.9 Å². The molecule has 0 aliphatic heterocycles. The molecule has 0 unspecified atom stereocenters. The van der Waals surface area contributed by atoms with Crippen molar-refractivity contribution in [2.24, 2.45) is 0 Å². The van der Waals surface area contributed by atoms with Crippen molar-refractivity contribution < 1.29 is 9.58 Å². The molecule has 1 aromatic rings. The van der Waals surface area contributed by atoms with Gasteiger partial charge in [-0.25, -0.2) is 0 Å². The molecule has 0 aliphatic rings. The molecule has 0 radical (unpaired) electrons. The Morgan fingerprint density at radius 2 is 1.61 bits per heavy atom. The molecule has 3 heteroatoms. The second-order valence-electron chi connectivity index (χ2n) is 4.58.